The van der Waals surface area contributed by atoms with E-state index in [2.05, 4.69) is 0 Å². The van der Waals surface area contributed by atoms with Crippen LogP contribution in [0.2, 0.25) is 0 Å². The van der Waals surface area contributed by atoms with Crippen molar-refractivity contribution in [3.63, 3.8) is 0 Å². The molecule has 0 bridgehead atoms. The van der Waals surface area contributed by atoms with Crippen molar-refractivity contribution in [2.45, 2.75) is 43.6 Å². The third kappa shape index (κ3) is 3.13. The second-order valence-corrected chi connectivity index (χ2v) is 3.83. The number of carbonyl (C=O) groups excluding carboxylic acids is 1. The third-order valence-electron chi connectivity index (χ3n) is 2.42. The number of hydrogen-bond acceptors (Lipinski definition) is 2. The minimum atomic E-state index is -6.59. The van der Waals surface area contributed by atoms with E-state index in [9.17, 15) is 39.9 Å². The SMILES string of the molecule is CCC(CO)NC(=O)C(F)(F)C(F)(F)C(F)(F)C(F)F. The molecular weight excluding hydrogens is 306 g/mol. The number of nitrogens with one attached hydrogen (secondary N) is 1. The van der Waals surface area contributed by atoms with Crippen LogP contribution in [-0.4, -0.2) is 47.9 Å². The molecule has 0 fully saturated rings. The normalized spacial score (nSPS) is 15.3. The first-order chi connectivity index (χ1) is 8.86. The summed E-state index contributed by atoms with van der Waals surface area (Å²) in [4.78, 5) is 10.9. The van der Waals surface area contributed by atoms with Gasteiger partial charge in [0, 0.05) is 0 Å². The summed E-state index contributed by atoms with van der Waals surface area (Å²) in [6, 6.07) is -1.40. The first kappa shape index (κ1) is 18.9. The molecule has 3 nitrogen and oxygen atoms in total. The maximum absolute atomic E-state index is 13.0. The van der Waals surface area contributed by atoms with Gasteiger partial charge in [0.2, 0.25) is 0 Å². The smallest absolute Gasteiger partial charge is 0.392 e. The van der Waals surface area contributed by atoms with Gasteiger partial charge in [0.1, 0.15) is 0 Å². The van der Waals surface area contributed by atoms with E-state index in [0.29, 0.717) is 0 Å². The second-order valence-electron chi connectivity index (χ2n) is 3.83. The molecule has 0 aromatic rings. The van der Waals surface area contributed by atoms with E-state index >= 15 is 0 Å². The second kappa shape index (κ2) is 6.10. The van der Waals surface area contributed by atoms with Crippen LogP contribution in [-0.2, 0) is 4.79 Å². The van der Waals surface area contributed by atoms with Crippen molar-refractivity contribution in [3.05, 3.63) is 0 Å². The number of rotatable bonds is 7. The number of amides is 1. The maximum atomic E-state index is 13.0. The summed E-state index contributed by atoms with van der Waals surface area (Å²) in [5.41, 5.74) is 0. The molecule has 0 aromatic carbocycles. The van der Waals surface area contributed by atoms with E-state index in [4.69, 9.17) is 5.11 Å². The van der Waals surface area contributed by atoms with Crippen LogP contribution in [0.15, 0.2) is 0 Å². The Labute approximate surface area is 107 Å². The highest BCUT2D eigenvalue weighted by atomic mass is 19.4. The lowest BCUT2D eigenvalue weighted by molar-refractivity contribution is -0.328. The summed E-state index contributed by atoms with van der Waals surface area (Å²) in [5.74, 6) is -21.9. The first-order valence-corrected chi connectivity index (χ1v) is 5.19. The highest BCUT2D eigenvalue weighted by Crippen LogP contribution is 2.48. The van der Waals surface area contributed by atoms with Gasteiger partial charge in [0.15, 0.2) is 0 Å². The van der Waals surface area contributed by atoms with Crippen LogP contribution in [0.5, 0.6) is 0 Å². The Kier molecular flexibility index (Phi) is 5.76. The maximum Gasteiger partial charge on any atom is 0.392 e. The molecule has 0 aromatic heterocycles. The molecule has 0 aliphatic carbocycles. The standard InChI is InChI=1S/C9H11F8NO2/c1-2-4(3-19)18-6(20)8(14,15)9(16,17)7(12,13)5(10)11/h4-5,19H,2-3H2,1H3,(H,18,20). The van der Waals surface area contributed by atoms with Gasteiger partial charge >= 0.3 is 24.2 Å². The average Bonchev–Trinajstić information content (AvgIpc) is 2.34. The lowest BCUT2D eigenvalue weighted by Crippen LogP contribution is -2.64. The van der Waals surface area contributed by atoms with Crippen LogP contribution in [0.1, 0.15) is 13.3 Å². The number of halogens is 8. The number of carbonyl (C=O) groups is 1. The molecule has 0 radical (unpaired) electrons. The fourth-order valence-electron chi connectivity index (χ4n) is 1.04. The molecule has 0 aliphatic rings. The number of aliphatic hydroxyl groups excluding tert-OH is 1. The van der Waals surface area contributed by atoms with Gasteiger partial charge in [0.05, 0.1) is 12.6 Å². The highest BCUT2D eigenvalue weighted by molar-refractivity contribution is 5.85. The van der Waals surface area contributed by atoms with Gasteiger partial charge in [-0.1, -0.05) is 6.92 Å². The molecule has 20 heavy (non-hydrogen) atoms. The van der Waals surface area contributed by atoms with Crippen molar-refractivity contribution in [1.29, 1.82) is 0 Å². The van der Waals surface area contributed by atoms with Crippen LogP contribution < -0.4 is 5.32 Å². The predicted molar refractivity (Wildman–Crippen MR) is 50.2 cm³/mol. The first-order valence-electron chi connectivity index (χ1n) is 5.19. The van der Waals surface area contributed by atoms with Crippen LogP contribution in [0.25, 0.3) is 0 Å². The van der Waals surface area contributed by atoms with Gasteiger partial charge in [0.25, 0.3) is 5.91 Å². The van der Waals surface area contributed by atoms with Crippen LogP contribution in [0.4, 0.5) is 35.1 Å². The topological polar surface area (TPSA) is 49.3 Å². The van der Waals surface area contributed by atoms with Crippen molar-refractivity contribution in [3.8, 4) is 0 Å². The molecular formula is C9H11F8NO2. The zero-order valence-electron chi connectivity index (χ0n) is 9.95. The number of aliphatic hydroxyl groups is 1. The number of alkyl halides is 8. The molecule has 120 valence electrons. The van der Waals surface area contributed by atoms with Crippen molar-refractivity contribution in [1.82, 2.24) is 5.32 Å². The van der Waals surface area contributed by atoms with Gasteiger partial charge in [-0.25, -0.2) is 8.78 Å². The van der Waals surface area contributed by atoms with Crippen LogP contribution in [0, 0.1) is 0 Å². The Hall–Kier alpha value is -1.13. The summed E-state index contributed by atoms with van der Waals surface area (Å²) in [7, 11) is 0. The predicted octanol–water partition coefficient (Wildman–Crippen LogP) is 2.04. The molecule has 1 atom stereocenters. The quantitative estimate of drug-likeness (QED) is 0.706. The van der Waals surface area contributed by atoms with E-state index in [-0.39, 0.29) is 6.42 Å². The van der Waals surface area contributed by atoms with Gasteiger partial charge in [-0.15, -0.1) is 0 Å². The molecule has 0 heterocycles. The summed E-state index contributed by atoms with van der Waals surface area (Å²) in [6.07, 6.45) is -5.26. The lowest BCUT2D eigenvalue weighted by Gasteiger charge is -2.32. The third-order valence-corrected chi connectivity index (χ3v) is 2.42. The summed E-state index contributed by atoms with van der Waals surface area (Å²) in [6.45, 7) is 0.348. The Morgan fingerprint density at radius 2 is 1.60 bits per heavy atom. The largest absolute Gasteiger partial charge is 0.394 e. The van der Waals surface area contributed by atoms with Gasteiger partial charge in [-0.3, -0.25) is 4.79 Å². The summed E-state index contributed by atoms with van der Waals surface area (Å²) < 4.78 is 100. The molecule has 1 amide bonds. The summed E-state index contributed by atoms with van der Waals surface area (Å²) >= 11 is 0. The van der Waals surface area contributed by atoms with Crippen molar-refractivity contribution in [2.24, 2.45) is 0 Å². The Bertz CT molecular complexity index is 343. The van der Waals surface area contributed by atoms with E-state index < -0.39 is 42.7 Å². The highest BCUT2D eigenvalue weighted by Gasteiger charge is 2.78. The van der Waals surface area contributed by atoms with Crippen LogP contribution in [0.3, 0.4) is 0 Å². The van der Waals surface area contributed by atoms with Crippen molar-refractivity contribution < 1.29 is 45.0 Å². The van der Waals surface area contributed by atoms with E-state index in [1.54, 1.807) is 0 Å². The Morgan fingerprint density at radius 3 is 1.90 bits per heavy atom. The lowest BCUT2D eigenvalue weighted by atomic mass is 10.0. The fourth-order valence-corrected chi connectivity index (χ4v) is 1.04. The molecule has 0 saturated carbocycles. The number of hydrogen-bond donors (Lipinski definition) is 2. The van der Waals surface area contributed by atoms with Crippen molar-refractivity contribution in [2.75, 3.05) is 6.61 Å². The molecule has 1 unspecified atom stereocenters. The van der Waals surface area contributed by atoms with E-state index in [1.807, 2.05) is 0 Å². The molecule has 11 heteroatoms. The summed E-state index contributed by atoms with van der Waals surface area (Å²) in [5, 5.41) is 9.75. The monoisotopic (exact) mass is 317 g/mol. The van der Waals surface area contributed by atoms with Gasteiger partial charge in [-0.2, -0.15) is 26.3 Å². The zero-order valence-corrected chi connectivity index (χ0v) is 9.95. The molecule has 0 saturated heterocycles. The Morgan fingerprint density at radius 1 is 1.15 bits per heavy atom. The van der Waals surface area contributed by atoms with Crippen LogP contribution >= 0.6 is 0 Å². The van der Waals surface area contributed by atoms with E-state index in [1.165, 1.54) is 12.2 Å². The minimum absolute atomic E-state index is 0.171. The van der Waals surface area contributed by atoms with E-state index in [0.717, 1.165) is 0 Å². The van der Waals surface area contributed by atoms with Gasteiger partial charge < -0.3 is 10.4 Å². The fraction of sp³-hybridized carbons (Fsp3) is 0.889. The molecule has 0 rings (SSSR count). The zero-order chi connectivity index (χ0) is 16.4. The molecule has 0 spiro atoms. The average molecular weight is 317 g/mol. The Balaban J connectivity index is 5.34. The molecule has 2 N–H and O–H groups in total. The minimum Gasteiger partial charge on any atom is -0.394 e. The molecule has 0 aliphatic heterocycles. The van der Waals surface area contributed by atoms with Crippen molar-refractivity contribution >= 4 is 5.91 Å². The van der Waals surface area contributed by atoms with Gasteiger partial charge in [-0.05, 0) is 6.42 Å².